The predicted molar refractivity (Wildman–Crippen MR) is 77.5 cm³/mol. The molecule has 6 heteroatoms. The van der Waals surface area contributed by atoms with Crippen molar-refractivity contribution in [2.75, 3.05) is 19.6 Å². The van der Waals surface area contributed by atoms with Crippen molar-refractivity contribution in [1.29, 1.82) is 0 Å². The standard InChI is InChI=1S/C14H26N4O2/c1-5-15-9-10-16-11(19)7-6-8-12-17-13(18-20-12)14(2,3)4/h15H,5-10H2,1-4H3,(H,16,19). The van der Waals surface area contributed by atoms with Crippen molar-refractivity contribution in [3.63, 3.8) is 0 Å². The van der Waals surface area contributed by atoms with E-state index in [1.54, 1.807) is 0 Å². The van der Waals surface area contributed by atoms with Crippen molar-refractivity contribution in [1.82, 2.24) is 20.8 Å². The Balaban J connectivity index is 2.20. The molecule has 0 atom stereocenters. The van der Waals surface area contributed by atoms with Crippen molar-refractivity contribution < 1.29 is 9.32 Å². The molecule has 0 aliphatic carbocycles. The Labute approximate surface area is 120 Å². The molecule has 1 aromatic rings. The topological polar surface area (TPSA) is 80.0 Å². The molecule has 0 spiro atoms. The van der Waals surface area contributed by atoms with E-state index in [2.05, 4.69) is 20.8 Å². The van der Waals surface area contributed by atoms with Crippen molar-refractivity contribution in [2.45, 2.75) is 52.4 Å². The second-order valence-electron chi connectivity index (χ2n) is 5.82. The lowest BCUT2D eigenvalue weighted by Gasteiger charge is -2.10. The predicted octanol–water partition coefficient (Wildman–Crippen LogP) is 1.42. The Morgan fingerprint density at radius 2 is 2.05 bits per heavy atom. The van der Waals surface area contributed by atoms with Crippen LogP contribution in [0.3, 0.4) is 0 Å². The quantitative estimate of drug-likeness (QED) is 0.705. The Kier molecular flexibility index (Phi) is 6.64. The molecular formula is C14H26N4O2. The second-order valence-corrected chi connectivity index (χ2v) is 5.82. The zero-order valence-electron chi connectivity index (χ0n) is 13.0. The molecule has 0 saturated carbocycles. The highest BCUT2D eigenvalue weighted by Crippen LogP contribution is 2.18. The Bertz CT molecular complexity index is 410. The van der Waals surface area contributed by atoms with Crippen LogP contribution in [-0.2, 0) is 16.6 Å². The molecule has 0 bridgehead atoms. The summed E-state index contributed by atoms with van der Waals surface area (Å²) in [6.45, 7) is 10.6. The first kappa shape index (κ1) is 16.6. The molecule has 1 heterocycles. The fourth-order valence-corrected chi connectivity index (χ4v) is 1.62. The highest BCUT2D eigenvalue weighted by atomic mass is 16.5. The second kappa shape index (κ2) is 7.99. The minimum atomic E-state index is -0.106. The van der Waals surface area contributed by atoms with Gasteiger partial charge >= 0.3 is 0 Å². The van der Waals surface area contributed by atoms with Gasteiger partial charge in [-0.2, -0.15) is 4.98 Å². The van der Waals surface area contributed by atoms with E-state index in [9.17, 15) is 4.79 Å². The van der Waals surface area contributed by atoms with Crippen LogP contribution in [0.4, 0.5) is 0 Å². The van der Waals surface area contributed by atoms with Crippen LogP contribution in [0, 0.1) is 0 Å². The van der Waals surface area contributed by atoms with Gasteiger partial charge in [-0.3, -0.25) is 4.79 Å². The highest BCUT2D eigenvalue weighted by Gasteiger charge is 2.20. The Morgan fingerprint density at radius 1 is 1.30 bits per heavy atom. The number of nitrogens with zero attached hydrogens (tertiary/aromatic N) is 2. The van der Waals surface area contributed by atoms with Gasteiger partial charge < -0.3 is 15.2 Å². The fourth-order valence-electron chi connectivity index (χ4n) is 1.62. The van der Waals surface area contributed by atoms with Crippen LogP contribution in [0.5, 0.6) is 0 Å². The van der Waals surface area contributed by atoms with Gasteiger partial charge in [0.2, 0.25) is 11.8 Å². The number of rotatable bonds is 8. The van der Waals surface area contributed by atoms with Crippen molar-refractivity contribution in [3.8, 4) is 0 Å². The third-order valence-electron chi connectivity index (χ3n) is 2.81. The molecule has 0 unspecified atom stereocenters. The summed E-state index contributed by atoms with van der Waals surface area (Å²) < 4.78 is 5.18. The first-order valence-electron chi connectivity index (χ1n) is 7.24. The maximum atomic E-state index is 11.6. The number of nitrogens with one attached hydrogen (secondary N) is 2. The van der Waals surface area contributed by atoms with Gasteiger partial charge in [0.15, 0.2) is 5.82 Å². The normalized spacial score (nSPS) is 11.6. The minimum absolute atomic E-state index is 0.0680. The number of hydrogen-bond acceptors (Lipinski definition) is 5. The summed E-state index contributed by atoms with van der Waals surface area (Å²) in [5.74, 6) is 1.39. The molecule has 1 rings (SSSR count). The van der Waals surface area contributed by atoms with E-state index in [1.807, 2.05) is 27.7 Å². The number of aromatic nitrogens is 2. The van der Waals surface area contributed by atoms with Crippen molar-refractivity contribution in [3.05, 3.63) is 11.7 Å². The average molecular weight is 282 g/mol. The molecule has 2 N–H and O–H groups in total. The molecule has 20 heavy (non-hydrogen) atoms. The van der Waals surface area contributed by atoms with Gasteiger partial charge in [0.1, 0.15) is 0 Å². The van der Waals surface area contributed by atoms with Crippen LogP contribution in [0.25, 0.3) is 0 Å². The summed E-state index contributed by atoms with van der Waals surface area (Å²) >= 11 is 0. The van der Waals surface area contributed by atoms with Gasteiger partial charge in [0, 0.05) is 31.3 Å². The monoisotopic (exact) mass is 282 g/mol. The molecule has 0 aliphatic rings. The molecule has 0 aliphatic heterocycles. The third kappa shape index (κ3) is 6.14. The Hall–Kier alpha value is -1.43. The molecule has 1 amide bonds. The summed E-state index contributed by atoms with van der Waals surface area (Å²) in [5, 5.41) is 9.98. The molecule has 1 aromatic heterocycles. The van der Waals surface area contributed by atoms with Crippen molar-refractivity contribution in [2.24, 2.45) is 0 Å². The zero-order chi connectivity index (χ0) is 15.0. The van der Waals surface area contributed by atoms with E-state index in [1.165, 1.54) is 0 Å². The Morgan fingerprint density at radius 3 is 2.65 bits per heavy atom. The largest absolute Gasteiger partial charge is 0.355 e. The minimum Gasteiger partial charge on any atom is -0.355 e. The summed E-state index contributed by atoms with van der Waals surface area (Å²) in [4.78, 5) is 15.9. The molecule has 6 nitrogen and oxygen atoms in total. The first-order chi connectivity index (χ1) is 9.43. The molecule has 0 saturated heterocycles. The van der Waals surface area contributed by atoms with Gasteiger partial charge in [-0.15, -0.1) is 0 Å². The van der Waals surface area contributed by atoms with Crippen LogP contribution < -0.4 is 10.6 Å². The first-order valence-corrected chi connectivity index (χ1v) is 7.24. The summed E-state index contributed by atoms with van der Waals surface area (Å²) in [7, 11) is 0. The molecule has 0 radical (unpaired) electrons. The molecular weight excluding hydrogens is 256 g/mol. The molecule has 0 aromatic carbocycles. The molecule has 114 valence electrons. The van der Waals surface area contributed by atoms with Gasteiger partial charge in [-0.05, 0) is 13.0 Å². The summed E-state index contributed by atoms with van der Waals surface area (Å²) in [6, 6.07) is 0. The summed E-state index contributed by atoms with van der Waals surface area (Å²) in [5.41, 5.74) is -0.106. The number of amides is 1. The van der Waals surface area contributed by atoms with Crippen LogP contribution in [-0.4, -0.2) is 35.7 Å². The lowest BCUT2D eigenvalue weighted by Crippen LogP contribution is -2.31. The van der Waals surface area contributed by atoms with Gasteiger partial charge in [0.05, 0.1) is 0 Å². The van der Waals surface area contributed by atoms with E-state index in [0.29, 0.717) is 31.1 Å². The third-order valence-corrected chi connectivity index (χ3v) is 2.81. The van der Waals surface area contributed by atoms with Crippen LogP contribution in [0.2, 0.25) is 0 Å². The van der Waals surface area contributed by atoms with Crippen LogP contribution in [0.15, 0.2) is 4.52 Å². The molecule has 0 fully saturated rings. The van der Waals surface area contributed by atoms with Crippen LogP contribution in [0.1, 0.15) is 52.3 Å². The SMILES string of the molecule is CCNCCNC(=O)CCCc1nc(C(C)(C)C)no1. The van der Waals surface area contributed by atoms with Gasteiger partial charge in [0.25, 0.3) is 0 Å². The maximum Gasteiger partial charge on any atom is 0.226 e. The number of aryl methyl sites for hydroxylation is 1. The average Bonchev–Trinajstić information content (AvgIpc) is 2.83. The number of hydrogen-bond donors (Lipinski definition) is 2. The zero-order valence-corrected chi connectivity index (χ0v) is 13.0. The van der Waals surface area contributed by atoms with Crippen LogP contribution >= 0.6 is 0 Å². The van der Waals surface area contributed by atoms with E-state index in [4.69, 9.17) is 4.52 Å². The van der Waals surface area contributed by atoms with E-state index >= 15 is 0 Å². The van der Waals surface area contributed by atoms with Crippen molar-refractivity contribution >= 4 is 5.91 Å². The lowest BCUT2D eigenvalue weighted by atomic mass is 9.96. The maximum absolute atomic E-state index is 11.6. The van der Waals surface area contributed by atoms with Gasteiger partial charge in [-0.25, -0.2) is 0 Å². The number of likely N-dealkylation sites (N-methyl/N-ethyl adjacent to an activating group) is 1. The van der Waals surface area contributed by atoms with Gasteiger partial charge in [-0.1, -0.05) is 32.9 Å². The smallest absolute Gasteiger partial charge is 0.226 e. The van der Waals surface area contributed by atoms with E-state index in [-0.39, 0.29) is 11.3 Å². The number of carbonyl (C=O) groups is 1. The highest BCUT2D eigenvalue weighted by molar-refractivity contribution is 5.75. The fraction of sp³-hybridized carbons (Fsp3) is 0.786. The lowest BCUT2D eigenvalue weighted by molar-refractivity contribution is -0.121. The summed E-state index contributed by atoms with van der Waals surface area (Å²) in [6.07, 6.45) is 1.85. The number of carbonyl (C=O) groups excluding carboxylic acids is 1. The van der Waals surface area contributed by atoms with E-state index in [0.717, 1.165) is 19.5 Å². The van der Waals surface area contributed by atoms with E-state index < -0.39 is 0 Å².